The predicted molar refractivity (Wildman–Crippen MR) is 167 cm³/mol. The number of thioether (sulfide) groups is 1. The van der Waals surface area contributed by atoms with Crippen LogP contribution in [0, 0.1) is 0 Å². The fourth-order valence-electron chi connectivity index (χ4n) is 5.08. The number of rotatable bonds is 16. The van der Waals surface area contributed by atoms with E-state index >= 15 is 0 Å². The molecular formula is C31H44O19S. The molecule has 0 aromatic rings. The van der Waals surface area contributed by atoms with E-state index in [1.54, 1.807) is 0 Å². The average molecular weight is 753 g/mol. The summed E-state index contributed by atoms with van der Waals surface area (Å²) >= 11 is 1.06. The smallest absolute Gasteiger partial charge is 0.303 e. The molecule has 0 bridgehead atoms. The zero-order valence-corrected chi connectivity index (χ0v) is 30.3. The summed E-state index contributed by atoms with van der Waals surface area (Å²) in [6.07, 6.45) is -15.1. The lowest BCUT2D eigenvalue weighted by molar-refractivity contribution is -0.361. The molecule has 0 amide bonds. The molecule has 0 unspecified atom stereocenters. The fourth-order valence-corrected chi connectivity index (χ4v) is 5.63. The molecule has 0 aromatic heterocycles. The van der Waals surface area contributed by atoms with Gasteiger partial charge in [0, 0.05) is 61.1 Å². The van der Waals surface area contributed by atoms with Gasteiger partial charge in [0.05, 0.1) is 6.61 Å². The van der Waals surface area contributed by atoms with Gasteiger partial charge in [0.2, 0.25) is 0 Å². The maximum absolute atomic E-state index is 12.5. The first-order valence-corrected chi connectivity index (χ1v) is 16.7. The van der Waals surface area contributed by atoms with Gasteiger partial charge in [0.25, 0.3) is 0 Å². The molecule has 2 saturated heterocycles. The van der Waals surface area contributed by atoms with Gasteiger partial charge in [-0.05, 0) is 6.42 Å². The van der Waals surface area contributed by atoms with Crippen molar-refractivity contribution < 1.29 is 90.5 Å². The highest BCUT2D eigenvalue weighted by Gasteiger charge is 2.57. The molecule has 10 atom stereocenters. The van der Waals surface area contributed by atoms with Crippen molar-refractivity contribution in [3.8, 4) is 0 Å². The molecule has 2 aliphatic rings. The minimum Gasteiger partial charge on any atom is -0.463 e. The van der Waals surface area contributed by atoms with Gasteiger partial charge in [0.1, 0.15) is 31.5 Å². The van der Waals surface area contributed by atoms with Crippen LogP contribution in [0.2, 0.25) is 0 Å². The van der Waals surface area contributed by atoms with Crippen LogP contribution < -0.4 is 0 Å². The zero-order chi connectivity index (χ0) is 38.4. The average Bonchev–Trinajstić information content (AvgIpc) is 2.99. The number of esters is 7. The Bertz CT molecular complexity index is 1270. The van der Waals surface area contributed by atoms with Crippen LogP contribution in [0.1, 0.15) is 61.8 Å². The SMILES string of the molecule is CC(=O)OC[C@H]1O[C@@H](O[C@H]2[C@H](OC(C)=O)[C@@H](OC(C)=O)[C@H](OCCCSC(C)=O)O[C@@H]2COC(C)=O)[C@H](OC(C)=O)[C@@H](OC(C)=O)[C@H]1OC(C)=O. The van der Waals surface area contributed by atoms with Crippen LogP contribution >= 0.6 is 11.8 Å². The number of hydrogen-bond acceptors (Lipinski definition) is 20. The molecule has 0 radical (unpaired) electrons. The number of carbonyl (C=O) groups excluding carboxylic acids is 8. The van der Waals surface area contributed by atoms with Gasteiger partial charge in [-0.15, -0.1) is 0 Å². The van der Waals surface area contributed by atoms with Gasteiger partial charge in [-0.2, -0.15) is 0 Å². The Kier molecular flexibility index (Phi) is 17.7. The van der Waals surface area contributed by atoms with E-state index in [-0.39, 0.29) is 11.7 Å². The molecule has 2 fully saturated rings. The summed E-state index contributed by atoms with van der Waals surface area (Å²) in [5, 5.41) is -0.111. The summed E-state index contributed by atoms with van der Waals surface area (Å²) in [7, 11) is 0. The van der Waals surface area contributed by atoms with Crippen LogP contribution in [-0.4, -0.2) is 134 Å². The van der Waals surface area contributed by atoms with E-state index in [4.69, 9.17) is 52.1 Å². The minimum atomic E-state index is -1.80. The summed E-state index contributed by atoms with van der Waals surface area (Å²) in [4.78, 5) is 96.5. The Morgan fingerprint density at radius 2 is 0.882 bits per heavy atom. The monoisotopic (exact) mass is 752 g/mol. The van der Waals surface area contributed by atoms with Crippen LogP contribution in [0.25, 0.3) is 0 Å². The van der Waals surface area contributed by atoms with Crippen molar-refractivity contribution in [2.45, 2.75) is 123 Å². The Hall–Kier alpha value is -3.85. The van der Waals surface area contributed by atoms with Crippen LogP contribution in [0.5, 0.6) is 0 Å². The molecule has 51 heavy (non-hydrogen) atoms. The van der Waals surface area contributed by atoms with Crippen molar-refractivity contribution in [3.63, 3.8) is 0 Å². The summed E-state index contributed by atoms with van der Waals surface area (Å²) in [6, 6.07) is 0. The highest BCUT2D eigenvalue weighted by Crippen LogP contribution is 2.35. The fraction of sp³-hybridized carbons (Fsp3) is 0.742. The first-order valence-electron chi connectivity index (χ1n) is 15.7. The van der Waals surface area contributed by atoms with Crippen LogP contribution in [0.4, 0.5) is 0 Å². The number of ether oxygens (including phenoxy) is 11. The summed E-state index contributed by atoms with van der Waals surface area (Å²) in [5.41, 5.74) is 0. The van der Waals surface area contributed by atoms with Crippen molar-refractivity contribution in [1.29, 1.82) is 0 Å². The Morgan fingerprint density at radius 3 is 1.33 bits per heavy atom. The third-order valence-corrected chi connectivity index (χ3v) is 7.66. The number of carbonyl (C=O) groups is 8. The molecule has 0 aromatic carbocycles. The van der Waals surface area contributed by atoms with Crippen molar-refractivity contribution in [2.75, 3.05) is 25.6 Å². The van der Waals surface area contributed by atoms with E-state index in [0.717, 1.165) is 60.2 Å². The lowest BCUT2D eigenvalue weighted by Crippen LogP contribution is -2.67. The minimum absolute atomic E-state index is 0.0129. The van der Waals surface area contributed by atoms with E-state index in [1.807, 2.05) is 0 Å². The van der Waals surface area contributed by atoms with Gasteiger partial charge >= 0.3 is 41.8 Å². The Labute approximate surface area is 297 Å². The summed E-state index contributed by atoms with van der Waals surface area (Å²) < 4.78 is 61.9. The lowest BCUT2D eigenvalue weighted by atomic mass is 9.96. The van der Waals surface area contributed by atoms with E-state index in [1.165, 1.54) is 6.92 Å². The zero-order valence-electron chi connectivity index (χ0n) is 29.5. The normalized spacial score (nSPS) is 28.7. The molecule has 2 heterocycles. The Morgan fingerprint density at radius 1 is 0.490 bits per heavy atom. The highest BCUT2D eigenvalue weighted by atomic mass is 32.2. The van der Waals surface area contributed by atoms with Crippen molar-refractivity contribution in [3.05, 3.63) is 0 Å². The van der Waals surface area contributed by atoms with Gasteiger partial charge in [-0.1, -0.05) is 11.8 Å². The first kappa shape index (κ1) is 43.3. The maximum Gasteiger partial charge on any atom is 0.303 e. The van der Waals surface area contributed by atoms with Gasteiger partial charge in [-0.3, -0.25) is 38.4 Å². The quantitative estimate of drug-likeness (QED) is 0.117. The first-order chi connectivity index (χ1) is 23.9. The van der Waals surface area contributed by atoms with Crippen molar-refractivity contribution in [2.24, 2.45) is 0 Å². The number of hydrogen-bond donors (Lipinski definition) is 0. The van der Waals surface area contributed by atoms with Gasteiger partial charge in [-0.25, -0.2) is 0 Å². The molecule has 0 N–H and O–H groups in total. The molecule has 0 aliphatic carbocycles. The Balaban J connectivity index is 2.67. The van der Waals surface area contributed by atoms with Crippen molar-refractivity contribution in [1.82, 2.24) is 0 Å². The third kappa shape index (κ3) is 14.7. The van der Waals surface area contributed by atoms with Crippen LogP contribution in [0.15, 0.2) is 0 Å². The lowest BCUT2D eigenvalue weighted by Gasteiger charge is -2.48. The van der Waals surface area contributed by atoms with E-state index < -0.39 is 116 Å². The molecule has 2 aliphatic heterocycles. The second kappa shape index (κ2) is 20.9. The van der Waals surface area contributed by atoms with Crippen LogP contribution in [0.3, 0.4) is 0 Å². The second-order valence-corrected chi connectivity index (χ2v) is 12.5. The molecular weight excluding hydrogens is 708 g/mol. The highest BCUT2D eigenvalue weighted by molar-refractivity contribution is 8.13. The third-order valence-electron chi connectivity index (χ3n) is 6.76. The molecule has 0 saturated carbocycles. The van der Waals surface area contributed by atoms with E-state index in [9.17, 15) is 38.4 Å². The maximum atomic E-state index is 12.5. The van der Waals surface area contributed by atoms with E-state index in [2.05, 4.69) is 0 Å². The largest absolute Gasteiger partial charge is 0.463 e. The van der Waals surface area contributed by atoms with E-state index in [0.29, 0.717) is 12.2 Å². The van der Waals surface area contributed by atoms with Gasteiger partial charge < -0.3 is 52.1 Å². The van der Waals surface area contributed by atoms with Gasteiger partial charge in [0.15, 0.2) is 48.2 Å². The summed E-state index contributed by atoms with van der Waals surface area (Å²) in [6.45, 7) is 7.73. The van der Waals surface area contributed by atoms with Crippen LogP contribution in [-0.2, 0) is 90.5 Å². The van der Waals surface area contributed by atoms with Crippen molar-refractivity contribution >= 4 is 58.7 Å². The molecule has 288 valence electrons. The second-order valence-electron chi connectivity index (χ2n) is 11.2. The molecule has 20 heteroatoms. The summed E-state index contributed by atoms with van der Waals surface area (Å²) in [5.74, 6) is -5.50. The topological polar surface area (TPSA) is 238 Å². The molecule has 19 nitrogen and oxygen atoms in total. The predicted octanol–water partition coefficient (Wildman–Crippen LogP) is 0.293. The molecule has 2 rings (SSSR count). The standard InChI is InChI=1S/C31H44O19S/c1-14(32)41-12-22-24(43-16(3)34)26(44-17(4)35)29(47-20(7)38)31(49-22)50-25-23(13-42-15(2)33)48-30(40-10-9-11-51-21(8)39)28(46-19(6)37)27(25)45-18(5)36/h22-31H,9-13H2,1-8H3/t22-,23-,24+,25-,26+,27+,28-,29-,30-,31+/m1/s1. The molecule has 0 spiro atoms.